The van der Waals surface area contributed by atoms with Crippen LogP contribution in [0.5, 0.6) is 5.75 Å². The number of aryl methyl sites for hydroxylation is 1. The van der Waals surface area contributed by atoms with E-state index in [-0.39, 0.29) is 35.5 Å². The number of allylic oxidation sites excluding steroid dienone is 4. The molecular formula is C25H23F2N5O2S. The van der Waals surface area contributed by atoms with Crippen molar-refractivity contribution >= 4 is 17.2 Å². The Kier molecular flexibility index (Phi) is 6.21. The fourth-order valence-electron chi connectivity index (χ4n) is 4.16. The number of carbonyl (C=O) groups excluding carboxylic acids is 1. The van der Waals surface area contributed by atoms with Crippen LogP contribution in [0.2, 0.25) is 0 Å². The molecule has 2 aliphatic rings. The van der Waals surface area contributed by atoms with Crippen LogP contribution in [0, 0.1) is 17.7 Å². The lowest BCUT2D eigenvalue weighted by molar-refractivity contribution is -0.117. The monoisotopic (exact) mass is 495 g/mol. The Morgan fingerprint density at radius 3 is 3.00 bits per heavy atom. The maximum Gasteiger partial charge on any atom is 0.217 e. The molecule has 2 atom stereocenters. The maximum absolute atomic E-state index is 14.7. The molecule has 7 nitrogen and oxygen atoms in total. The first kappa shape index (κ1) is 23.0. The van der Waals surface area contributed by atoms with Crippen molar-refractivity contribution in [3.8, 4) is 17.0 Å². The Balaban J connectivity index is 1.32. The van der Waals surface area contributed by atoms with Gasteiger partial charge in [-0.3, -0.25) is 9.48 Å². The highest BCUT2D eigenvalue weighted by Gasteiger charge is 2.33. The number of fused-ring (bicyclic) bond motifs is 1. The molecule has 0 fully saturated rings. The van der Waals surface area contributed by atoms with Crippen molar-refractivity contribution in [1.82, 2.24) is 20.1 Å². The summed E-state index contributed by atoms with van der Waals surface area (Å²) >= 11 is 1.48. The van der Waals surface area contributed by atoms with E-state index in [2.05, 4.69) is 15.4 Å². The summed E-state index contributed by atoms with van der Waals surface area (Å²) in [6, 6.07) is 6.02. The standard InChI is InChI=1S/C25H23F2N5O2S/c1-14-17-6-8-29-22(17)11-20(27)25(14)34-15-2-3-19(26)18(10-15)21-7-9-32(31-21)13-16-12-30-24(35-16)5-4-23(28)33/h2-3,6-12,14,17,29H,4-5,13H2,1H3,(H2,28,33). The summed E-state index contributed by atoms with van der Waals surface area (Å²) in [4.78, 5) is 16.2. The average molecular weight is 496 g/mol. The van der Waals surface area contributed by atoms with Crippen molar-refractivity contribution in [1.29, 1.82) is 0 Å². The minimum Gasteiger partial charge on any atom is -0.458 e. The zero-order valence-electron chi connectivity index (χ0n) is 18.9. The van der Waals surface area contributed by atoms with Gasteiger partial charge in [-0.2, -0.15) is 5.10 Å². The van der Waals surface area contributed by atoms with Crippen LogP contribution in [-0.2, 0) is 17.8 Å². The molecule has 0 saturated carbocycles. The van der Waals surface area contributed by atoms with E-state index in [1.54, 1.807) is 29.3 Å². The number of nitrogens with two attached hydrogens (primary N) is 1. The SMILES string of the molecule is CC1C(Oc2ccc(F)c(-c3ccn(Cc4cnc(CCC(N)=O)s4)n3)c2)=C(F)C=C2NC=CC21. The molecule has 5 rings (SSSR count). The van der Waals surface area contributed by atoms with Crippen molar-refractivity contribution in [2.24, 2.45) is 17.6 Å². The molecule has 2 unspecified atom stereocenters. The summed E-state index contributed by atoms with van der Waals surface area (Å²) in [7, 11) is 0. The Bertz CT molecular complexity index is 1370. The van der Waals surface area contributed by atoms with Gasteiger partial charge in [0.1, 0.15) is 17.3 Å². The van der Waals surface area contributed by atoms with Crippen molar-refractivity contribution < 1.29 is 18.3 Å². The van der Waals surface area contributed by atoms with Gasteiger partial charge in [-0.25, -0.2) is 13.8 Å². The molecule has 0 saturated heterocycles. The van der Waals surface area contributed by atoms with Gasteiger partial charge in [0.15, 0.2) is 5.83 Å². The van der Waals surface area contributed by atoms with Crippen LogP contribution < -0.4 is 15.8 Å². The normalized spacial score (nSPS) is 18.9. The number of hydrogen-bond acceptors (Lipinski definition) is 6. The number of halogens is 2. The van der Waals surface area contributed by atoms with Gasteiger partial charge in [0.05, 0.1) is 17.2 Å². The number of benzene rings is 1. The van der Waals surface area contributed by atoms with Crippen LogP contribution in [0.3, 0.4) is 0 Å². The zero-order valence-corrected chi connectivity index (χ0v) is 19.7. The fraction of sp³-hybridized carbons (Fsp3) is 0.240. The summed E-state index contributed by atoms with van der Waals surface area (Å²) in [6.07, 6.45) is 9.44. The van der Waals surface area contributed by atoms with E-state index >= 15 is 0 Å². The summed E-state index contributed by atoms with van der Waals surface area (Å²) in [5, 5.41) is 8.36. The third-order valence-corrected chi connectivity index (χ3v) is 7.01. The highest BCUT2D eigenvalue weighted by Crippen LogP contribution is 2.39. The lowest BCUT2D eigenvalue weighted by Gasteiger charge is -2.26. The highest BCUT2D eigenvalue weighted by molar-refractivity contribution is 7.11. The smallest absolute Gasteiger partial charge is 0.217 e. The number of carbonyl (C=O) groups is 1. The first-order chi connectivity index (χ1) is 16.9. The van der Waals surface area contributed by atoms with Crippen LogP contribution in [0.25, 0.3) is 11.3 Å². The minimum absolute atomic E-state index is 0.0168. The largest absolute Gasteiger partial charge is 0.458 e. The second-order valence-electron chi connectivity index (χ2n) is 8.46. The number of aromatic nitrogens is 3. The Hall–Kier alpha value is -3.79. The predicted octanol–water partition coefficient (Wildman–Crippen LogP) is 4.44. The molecule has 1 aromatic carbocycles. The Labute approximate surface area is 204 Å². The molecule has 180 valence electrons. The van der Waals surface area contributed by atoms with E-state index in [0.29, 0.717) is 24.4 Å². The Morgan fingerprint density at radius 2 is 2.17 bits per heavy atom. The number of primary amides is 1. The van der Waals surface area contributed by atoms with Gasteiger partial charge in [0, 0.05) is 53.2 Å². The van der Waals surface area contributed by atoms with E-state index in [1.165, 1.54) is 35.6 Å². The van der Waals surface area contributed by atoms with Gasteiger partial charge in [-0.05, 0) is 36.5 Å². The third-order valence-electron chi connectivity index (χ3n) is 5.97. The third kappa shape index (κ3) is 4.88. The van der Waals surface area contributed by atoms with Crippen molar-refractivity contribution in [3.05, 3.63) is 88.0 Å². The van der Waals surface area contributed by atoms with Crippen molar-refractivity contribution in [3.63, 3.8) is 0 Å². The number of amides is 1. The topological polar surface area (TPSA) is 95.1 Å². The van der Waals surface area contributed by atoms with Crippen LogP contribution in [-0.4, -0.2) is 20.7 Å². The molecule has 3 aromatic rings. The molecule has 0 radical (unpaired) electrons. The molecule has 1 amide bonds. The van der Waals surface area contributed by atoms with E-state index < -0.39 is 11.6 Å². The fourth-order valence-corrected chi connectivity index (χ4v) is 5.08. The van der Waals surface area contributed by atoms with E-state index in [0.717, 1.165) is 15.6 Å². The number of hydrogen-bond donors (Lipinski definition) is 2. The molecule has 0 bridgehead atoms. The van der Waals surface area contributed by atoms with Gasteiger partial charge in [-0.1, -0.05) is 13.0 Å². The molecule has 3 heterocycles. The van der Waals surface area contributed by atoms with E-state index in [1.807, 2.05) is 13.0 Å². The van der Waals surface area contributed by atoms with Crippen molar-refractivity contribution in [2.45, 2.75) is 26.3 Å². The average Bonchev–Trinajstić information content (AvgIpc) is 3.58. The second-order valence-corrected chi connectivity index (χ2v) is 9.66. The highest BCUT2D eigenvalue weighted by atomic mass is 32.1. The molecule has 2 aromatic heterocycles. The summed E-state index contributed by atoms with van der Waals surface area (Å²) in [5.41, 5.74) is 6.69. The van der Waals surface area contributed by atoms with Gasteiger partial charge < -0.3 is 15.8 Å². The summed E-state index contributed by atoms with van der Waals surface area (Å²) in [6.45, 7) is 2.36. The number of nitrogens with one attached hydrogen (secondary N) is 1. The van der Waals surface area contributed by atoms with Crippen LogP contribution in [0.15, 0.2) is 72.3 Å². The molecule has 1 aliphatic carbocycles. The van der Waals surface area contributed by atoms with E-state index in [9.17, 15) is 13.6 Å². The van der Waals surface area contributed by atoms with Crippen molar-refractivity contribution in [2.75, 3.05) is 0 Å². The maximum atomic E-state index is 14.7. The number of ether oxygens (including phenoxy) is 1. The second kappa shape index (κ2) is 9.46. The quantitative estimate of drug-likeness (QED) is 0.482. The summed E-state index contributed by atoms with van der Waals surface area (Å²) < 4.78 is 37.0. The van der Waals surface area contributed by atoms with Crippen LogP contribution in [0.4, 0.5) is 8.78 Å². The lowest BCUT2D eigenvalue weighted by atomic mass is 9.86. The Morgan fingerprint density at radius 1 is 1.31 bits per heavy atom. The first-order valence-corrected chi connectivity index (χ1v) is 12.0. The van der Waals surface area contributed by atoms with Crippen LogP contribution >= 0.6 is 11.3 Å². The molecule has 10 heteroatoms. The van der Waals surface area contributed by atoms with Crippen LogP contribution in [0.1, 0.15) is 23.2 Å². The first-order valence-electron chi connectivity index (χ1n) is 11.1. The van der Waals surface area contributed by atoms with Gasteiger partial charge in [-0.15, -0.1) is 11.3 Å². The van der Waals surface area contributed by atoms with E-state index in [4.69, 9.17) is 10.5 Å². The van der Waals surface area contributed by atoms with Gasteiger partial charge >= 0.3 is 0 Å². The van der Waals surface area contributed by atoms with Gasteiger partial charge in [0.2, 0.25) is 5.91 Å². The lowest BCUT2D eigenvalue weighted by Crippen LogP contribution is -2.23. The molecular weight excluding hydrogens is 472 g/mol. The minimum atomic E-state index is -0.453. The number of thiazole rings is 1. The molecule has 1 aliphatic heterocycles. The van der Waals surface area contributed by atoms with Gasteiger partial charge in [0.25, 0.3) is 0 Å². The number of rotatable bonds is 8. The number of nitrogens with zero attached hydrogens (tertiary/aromatic N) is 3. The molecule has 35 heavy (non-hydrogen) atoms. The zero-order chi connectivity index (χ0) is 24.5. The molecule has 0 spiro atoms. The summed E-state index contributed by atoms with van der Waals surface area (Å²) in [5.74, 6) is -0.907. The molecule has 3 N–H and O–H groups in total. The predicted molar refractivity (Wildman–Crippen MR) is 128 cm³/mol.